The van der Waals surface area contributed by atoms with Crippen LogP contribution in [0.25, 0.3) is 0 Å². The number of likely N-dealkylation sites (N-methyl/N-ethyl adjacent to an activating group) is 1. The quantitative estimate of drug-likeness (QED) is 0.473. The van der Waals surface area contributed by atoms with Gasteiger partial charge in [-0.15, -0.1) is 0 Å². The Hall–Kier alpha value is -0.490. The maximum Gasteiger partial charge on any atom is 0.134 e. The minimum absolute atomic E-state index is 0.241. The van der Waals surface area contributed by atoms with Crippen LogP contribution in [0.4, 0.5) is 0 Å². The number of carbonyl (C=O) groups is 1. The van der Waals surface area contributed by atoms with Gasteiger partial charge in [0.25, 0.3) is 0 Å². The molecule has 0 radical (unpaired) electrons. The fourth-order valence-electron chi connectivity index (χ4n) is 1.23. The van der Waals surface area contributed by atoms with Crippen molar-refractivity contribution in [2.45, 2.75) is 26.7 Å². The standard InChI is InChI=1S/C13H27NO4/c1-3-13(15)5-7-16-9-11-18-12-10-17-8-6-14-4-2/h14H,3-12H2,1-2H3. The van der Waals surface area contributed by atoms with Crippen molar-refractivity contribution in [3.8, 4) is 0 Å². The number of carbonyl (C=O) groups excluding carboxylic acids is 1. The highest BCUT2D eigenvalue weighted by Crippen LogP contribution is 1.90. The minimum atomic E-state index is 0.241. The molecule has 0 aliphatic heterocycles. The van der Waals surface area contributed by atoms with Crippen molar-refractivity contribution in [3.05, 3.63) is 0 Å². The molecular formula is C13H27NO4. The van der Waals surface area contributed by atoms with E-state index in [0.29, 0.717) is 52.5 Å². The van der Waals surface area contributed by atoms with E-state index in [1.165, 1.54) is 0 Å². The Labute approximate surface area is 110 Å². The molecule has 0 aromatic heterocycles. The van der Waals surface area contributed by atoms with E-state index in [1.807, 2.05) is 6.92 Å². The first-order chi connectivity index (χ1) is 8.81. The lowest BCUT2D eigenvalue weighted by Gasteiger charge is -2.06. The van der Waals surface area contributed by atoms with Crippen LogP contribution in [0.5, 0.6) is 0 Å². The highest BCUT2D eigenvalue weighted by Gasteiger charge is 1.97. The topological polar surface area (TPSA) is 56.8 Å². The third kappa shape index (κ3) is 13.6. The zero-order valence-corrected chi connectivity index (χ0v) is 11.7. The van der Waals surface area contributed by atoms with Crippen LogP contribution in [0, 0.1) is 0 Å². The summed E-state index contributed by atoms with van der Waals surface area (Å²) in [5.41, 5.74) is 0. The van der Waals surface area contributed by atoms with Gasteiger partial charge in [0.05, 0.1) is 39.6 Å². The summed E-state index contributed by atoms with van der Waals surface area (Å²) in [6.07, 6.45) is 1.09. The van der Waals surface area contributed by atoms with Gasteiger partial charge in [0, 0.05) is 19.4 Å². The summed E-state index contributed by atoms with van der Waals surface area (Å²) in [6.45, 7) is 9.28. The summed E-state index contributed by atoms with van der Waals surface area (Å²) >= 11 is 0. The number of Topliss-reactive ketones (excluding diaryl/α,β-unsaturated/α-hetero) is 1. The average molecular weight is 261 g/mol. The van der Waals surface area contributed by atoms with Gasteiger partial charge in [-0.1, -0.05) is 13.8 Å². The molecule has 0 saturated heterocycles. The summed E-state index contributed by atoms with van der Waals surface area (Å²) in [5.74, 6) is 0.241. The molecule has 0 saturated carbocycles. The van der Waals surface area contributed by atoms with E-state index in [9.17, 15) is 4.79 Å². The number of rotatable bonds is 14. The maximum atomic E-state index is 11.0. The Morgan fingerprint density at radius 3 is 2.00 bits per heavy atom. The molecule has 0 aromatic carbocycles. The predicted octanol–water partition coefficient (Wildman–Crippen LogP) is 1.01. The van der Waals surface area contributed by atoms with Gasteiger partial charge in [-0.3, -0.25) is 4.79 Å². The van der Waals surface area contributed by atoms with E-state index >= 15 is 0 Å². The Bertz CT molecular complexity index is 188. The molecule has 0 aliphatic rings. The van der Waals surface area contributed by atoms with E-state index in [-0.39, 0.29) is 5.78 Å². The van der Waals surface area contributed by atoms with Gasteiger partial charge in [-0.25, -0.2) is 0 Å². The molecule has 0 aliphatic carbocycles. The first-order valence-electron chi connectivity index (χ1n) is 6.76. The molecule has 18 heavy (non-hydrogen) atoms. The highest BCUT2D eigenvalue weighted by atomic mass is 16.5. The molecule has 0 amide bonds. The first-order valence-corrected chi connectivity index (χ1v) is 6.76. The molecule has 0 aromatic rings. The molecule has 0 bridgehead atoms. The van der Waals surface area contributed by atoms with Crippen molar-refractivity contribution in [2.75, 3.05) is 52.7 Å². The van der Waals surface area contributed by atoms with E-state index < -0.39 is 0 Å². The first kappa shape index (κ1) is 17.5. The van der Waals surface area contributed by atoms with Crippen molar-refractivity contribution in [2.24, 2.45) is 0 Å². The third-order valence-corrected chi connectivity index (χ3v) is 2.34. The van der Waals surface area contributed by atoms with Gasteiger partial charge in [0.1, 0.15) is 5.78 Å². The van der Waals surface area contributed by atoms with Crippen LogP contribution in [0.1, 0.15) is 26.7 Å². The number of ether oxygens (including phenoxy) is 3. The Kier molecular flexibility index (Phi) is 14.2. The molecule has 0 atom stereocenters. The van der Waals surface area contributed by atoms with Crippen LogP contribution in [-0.4, -0.2) is 58.5 Å². The Morgan fingerprint density at radius 1 is 0.889 bits per heavy atom. The highest BCUT2D eigenvalue weighted by molar-refractivity contribution is 5.78. The van der Waals surface area contributed by atoms with Gasteiger partial charge in [-0.05, 0) is 6.54 Å². The fraction of sp³-hybridized carbons (Fsp3) is 0.923. The van der Waals surface area contributed by atoms with Crippen LogP contribution >= 0.6 is 0 Å². The van der Waals surface area contributed by atoms with Gasteiger partial charge >= 0.3 is 0 Å². The Morgan fingerprint density at radius 2 is 1.44 bits per heavy atom. The van der Waals surface area contributed by atoms with Crippen molar-refractivity contribution in [1.29, 1.82) is 0 Å². The summed E-state index contributed by atoms with van der Waals surface area (Å²) in [5, 5.41) is 3.17. The minimum Gasteiger partial charge on any atom is -0.379 e. The molecule has 108 valence electrons. The van der Waals surface area contributed by atoms with E-state index in [1.54, 1.807) is 0 Å². The average Bonchev–Trinajstić information content (AvgIpc) is 2.39. The lowest BCUT2D eigenvalue weighted by molar-refractivity contribution is -0.119. The van der Waals surface area contributed by atoms with E-state index in [4.69, 9.17) is 14.2 Å². The molecule has 1 N–H and O–H groups in total. The second-order valence-electron chi connectivity index (χ2n) is 3.83. The van der Waals surface area contributed by atoms with Crippen molar-refractivity contribution in [1.82, 2.24) is 5.32 Å². The smallest absolute Gasteiger partial charge is 0.134 e. The lowest BCUT2D eigenvalue weighted by atomic mass is 10.2. The Balaban J connectivity index is 2.97. The van der Waals surface area contributed by atoms with Crippen molar-refractivity contribution < 1.29 is 19.0 Å². The zero-order chi connectivity index (χ0) is 13.5. The molecule has 5 nitrogen and oxygen atoms in total. The van der Waals surface area contributed by atoms with Crippen LogP contribution in [0.2, 0.25) is 0 Å². The summed E-state index contributed by atoms with van der Waals surface area (Å²) < 4.78 is 15.9. The normalized spacial score (nSPS) is 10.8. The van der Waals surface area contributed by atoms with Crippen molar-refractivity contribution >= 4 is 5.78 Å². The van der Waals surface area contributed by atoms with Crippen LogP contribution < -0.4 is 5.32 Å². The summed E-state index contributed by atoms with van der Waals surface area (Å²) in [4.78, 5) is 11.0. The van der Waals surface area contributed by atoms with Crippen LogP contribution in [-0.2, 0) is 19.0 Å². The molecule has 5 heteroatoms. The van der Waals surface area contributed by atoms with E-state index in [2.05, 4.69) is 12.2 Å². The zero-order valence-electron chi connectivity index (χ0n) is 11.7. The molecule has 0 rings (SSSR count). The largest absolute Gasteiger partial charge is 0.379 e. The van der Waals surface area contributed by atoms with Gasteiger partial charge in [-0.2, -0.15) is 0 Å². The number of nitrogens with one attached hydrogen (secondary N) is 1. The fourth-order valence-corrected chi connectivity index (χ4v) is 1.23. The third-order valence-electron chi connectivity index (χ3n) is 2.34. The molecule has 0 heterocycles. The molecular weight excluding hydrogens is 234 g/mol. The molecule has 0 unspecified atom stereocenters. The second-order valence-corrected chi connectivity index (χ2v) is 3.83. The SMILES string of the molecule is CCNCCOCCOCCOCCC(=O)CC. The van der Waals surface area contributed by atoms with Gasteiger partial charge in [0.2, 0.25) is 0 Å². The molecule has 0 fully saturated rings. The van der Waals surface area contributed by atoms with Crippen molar-refractivity contribution in [3.63, 3.8) is 0 Å². The molecule has 0 spiro atoms. The summed E-state index contributed by atoms with van der Waals surface area (Å²) in [6, 6.07) is 0. The number of ketones is 1. The maximum absolute atomic E-state index is 11.0. The van der Waals surface area contributed by atoms with Gasteiger partial charge < -0.3 is 19.5 Å². The monoisotopic (exact) mass is 261 g/mol. The number of hydrogen-bond donors (Lipinski definition) is 1. The van der Waals surface area contributed by atoms with Crippen LogP contribution in [0.15, 0.2) is 0 Å². The second kappa shape index (κ2) is 14.6. The predicted molar refractivity (Wildman–Crippen MR) is 70.9 cm³/mol. The number of hydrogen-bond acceptors (Lipinski definition) is 5. The lowest BCUT2D eigenvalue weighted by Crippen LogP contribution is -2.20. The van der Waals surface area contributed by atoms with Crippen LogP contribution in [0.3, 0.4) is 0 Å². The van der Waals surface area contributed by atoms with Gasteiger partial charge in [0.15, 0.2) is 0 Å². The summed E-state index contributed by atoms with van der Waals surface area (Å²) in [7, 11) is 0. The van der Waals surface area contributed by atoms with E-state index in [0.717, 1.165) is 13.1 Å².